The molecule has 2 unspecified atom stereocenters. The number of nitro groups is 1. The van der Waals surface area contributed by atoms with E-state index in [1.54, 1.807) is 24.1 Å². The van der Waals surface area contributed by atoms with Crippen molar-refractivity contribution in [3.05, 3.63) is 45.6 Å². The van der Waals surface area contributed by atoms with Crippen LogP contribution >= 0.6 is 0 Å². The van der Waals surface area contributed by atoms with Crippen LogP contribution in [0.25, 0.3) is 0 Å². The van der Waals surface area contributed by atoms with E-state index in [-0.39, 0.29) is 31.2 Å². The standard InChI is InChI=1S/C23H33N3O8/c1-13-24-22(29)14(10-25(13)20-9-18(28)19(11-27)34-20)12-33-21(23(2,3)4)16-8-15(32-5)6-7-17(16)26(30)31/h6-8,10,13,18-21,27-28H,9,11-12H2,1-5H3,(H,24,29)/t13?,18?,19-,20-,21-/m1/s1. The number of rotatable bonds is 8. The third-order valence-corrected chi connectivity index (χ3v) is 6.01. The predicted octanol–water partition coefficient (Wildman–Crippen LogP) is 1.84. The highest BCUT2D eigenvalue weighted by Crippen LogP contribution is 2.42. The van der Waals surface area contributed by atoms with E-state index in [1.165, 1.54) is 19.2 Å². The molecule has 0 aromatic heterocycles. The molecule has 0 aliphatic carbocycles. The zero-order valence-electron chi connectivity index (χ0n) is 20.1. The number of ether oxygens (including phenoxy) is 3. The molecule has 2 aliphatic rings. The summed E-state index contributed by atoms with van der Waals surface area (Å²) in [5, 5.41) is 34.0. The average molecular weight is 480 g/mol. The average Bonchev–Trinajstić information content (AvgIpc) is 3.14. The molecule has 1 amide bonds. The van der Waals surface area contributed by atoms with Gasteiger partial charge >= 0.3 is 0 Å². The highest BCUT2D eigenvalue weighted by atomic mass is 16.6. The summed E-state index contributed by atoms with van der Waals surface area (Å²) in [5.41, 5.74) is 0.0276. The van der Waals surface area contributed by atoms with Crippen LogP contribution in [0.5, 0.6) is 5.75 Å². The minimum absolute atomic E-state index is 0.0959. The van der Waals surface area contributed by atoms with Gasteiger partial charge in [-0.25, -0.2) is 0 Å². The van der Waals surface area contributed by atoms with Crippen molar-refractivity contribution < 1.29 is 34.1 Å². The maximum Gasteiger partial charge on any atom is 0.275 e. The Kier molecular flexibility index (Phi) is 7.81. The molecule has 1 saturated heterocycles. The number of carbonyl (C=O) groups excluding carboxylic acids is 1. The van der Waals surface area contributed by atoms with Gasteiger partial charge in [0.2, 0.25) is 0 Å². The Morgan fingerprint density at radius 2 is 2.09 bits per heavy atom. The fourth-order valence-electron chi connectivity index (χ4n) is 4.22. The van der Waals surface area contributed by atoms with Gasteiger partial charge in [-0.1, -0.05) is 20.8 Å². The van der Waals surface area contributed by atoms with Crippen LogP contribution in [0, 0.1) is 15.5 Å². The number of amides is 1. The van der Waals surface area contributed by atoms with Gasteiger partial charge in [0.05, 0.1) is 48.6 Å². The number of aliphatic hydroxyl groups is 2. The molecule has 0 bridgehead atoms. The summed E-state index contributed by atoms with van der Waals surface area (Å²) in [6.07, 6.45) is -1.25. The Balaban J connectivity index is 1.87. The second-order valence-corrected chi connectivity index (χ2v) is 9.60. The summed E-state index contributed by atoms with van der Waals surface area (Å²) in [7, 11) is 1.48. The van der Waals surface area contributed by atoms with Crippen LogP contribution in [0.3, 0.4) is 0 Å². The van der Waals surface area contributed by atoms with Gasteiger partial charge in [-0.05, 0) is 24.5 Å². The Bertz CT molecular complexity index is 945. The lowest BCUT2D eigenvalue weighted by atomic mass is 9.83. The number of nitrogens with zero attached hydrogens (tertiary/aromatic N) is 2. The number of methoxy groups -OCH3 is 1. The molecule has 2 heterocycles. The van der Waals surface area contributed by atoms with Crippen LogP contribution in [-0.2, 0) is 14.3 Å². The van der Waals surface area contributed by atoms with Gasteiger partial charge in [0.25, 0.3) is 11.6 Å². The lowest BCUT2D eigenvalue weighted by Crippen LogP contribution is -2.53. The van der Waals surface area contributed by atoms with Crippen molar-refractivity contribution in [2.24, 2.45) is 5.41 Å². The quantitative estimate of drug-likeness (QED) is 0.376. The molecule has 1 aromatic carbocycles. The van der Waals surface area contributed by atoms with Crippen molar-refractivity contribution in [1.82, 2.24) is 10.2 Å². The van der Waals surface area contributed by atoms with E-state index in [0.717, 1.165) is 0 Å². The third-order valence-electron chi connectivity index (χ3n) is 6.01. The molecule has 3 rings (SSSR count). The first kappa shape index (κ1) is 25.9. The number of nitro benzene ring substituents is 1. The van der Waals surface area contributed by atoms with E-state index in [1.807, 2.05) is 20.8 Å². The molecular formula is C23H33N3O8. The smallest absolute Gasteiger partial charge is 0.275 e. The number of hydrogen-bond acceptors (Lipinski definition) is 9. The molecule has 34 heavy (non-hydrogen) atoms. The Hall–Kier alpha value is -2.73. The van der Waals surface area contributed by atoms with Crippen molar-refractivity contribution >= 4 is 11.6 Å². The van der Waals surface area contributed by atoms with Gasteiger partial charge in [-0.3, -0.25) is 14.9 Å². The highest BCUT2D eigenvalue weighted by Gasteiger charge is 2.40. The van der Waals surface area contributed by atoms with Gasteiger partial charge in [0, 0.05) is 18.7 Å². The zero-order valence-corrected chi connectivity index (χ0v) is 20.1. The lowest BCUT2D eigenvalue weighted by Gasteiger charge is -2.38. The van der Waals surface area contributed by atoms with Gasteiger partial charge in [0.15, 0.2) is 0 Å². The van der Waals surface area contributed by atoms with E-state index in [2.05, 4.69) is 5.32 Å². The highest BCUT2D eigenvalue weighted by molar-refractivity contribution is 5.94. The molecular weight excluding hydrogens is 446 g/mol. The number of hydrogen-bond donors (Lipinski definition) is 3. The molecule has 2 aliphatic heterocycles. The van der Waals surface area contributed by atoms with E-state index in [0.29, 0.717) is 16.9 Å². The normalized spacial score (nSPS) is 26.1. The molecule has 1 fully saturated rings. The fourth-order valence-corrected chi connectivity index (χ4v) is 4.22. The summed E-state index contributed by atoms with van der Waals surface area (Å²) < 4.78 is 17.2. The van der Waals surface area contributed by atoms with Crippen LogP contribution < -0.4 is 10.1 Å². The molecule has 0 saturated carbocycles. The third kappa shape index (κ3) is 5.49. The largest absolute Gasteiger partial charge is 0.497 e. The molecule has 0 spiro atoms. The fraction of sp³-hybridized carbons (Fsp3) is 0.609. The minimum atomic E-state index is -0.813. The van der Waals surface area contributed by atoms with E-state index in [9.17, 15) is 25.1 Å². The summed E-state index contributed by atoms with van der Waals surface area (Å²) >= 11 is 0. The summed E-state index contributed by atoms with van der Waals surface area (Å²) in [6.45, 7) is 7.06. The molecule has 188 valence electrons. The van der Waals surface area contributed by atoms with Gasteiger partial charge in [-0.2, -0.15) is 0 Å². The van der Waals surface area contributed by atoms with Crippen molar-refractivity contribution in [2.75, 3.05) is 20.3 Å². The summed E-state index contributed by atoms with van der Waals surface area (Å²) in [4.78, 5) is 25.7. The Morgan fingerprint density at radius 1 is 1.38 bits per heavy atom. The predicted molar refractivity (Wildman–Crippen MR) is 122 cm³/mol. The van der Waals surface area contributed by atoms with Crippen molar-refractivity contribution in [2.45, 2.75) is 64.8 Å². The van der Waals surface area contributed by atoms with Crippen LogP contribution in [0.2, 0.25) is 0 Å². The molecule has 3 N–H and O–H groups in total. The first-order valence-electron chi connectivity index (χ1n) is 11.1. The van der Waals surface area contributed by atoms with Crippen LogP contribution in [0.1, 0.15) is 45.8 Å². The number of carbonyl (C=O) groups is 1. The molecule has 11 heteroatoms. The van der Waals surface area contributed by atoms with E-state index < -0.39 is 41.0 Å². The van der Waals surface area contributed by atoms with Crippen molar-refractivity contribution in [3.8, 4) is 5.75 Å². The lowest BCUT2D eigenvalue weighted by molar-refractivity contribution is -0.386. The van der Waals surface area contributed by atoms with Gasteiger partial charge < -0.3 is 34.6 Å². The minimum Gasteiger partial charge on any atom is -0.497 e. The maximum atomic E-state index is 12.7. The second kappa shape index (κ2) is 10.3. The molecule has 0 radical (unpaired) electrons. The maximum absolute atomic E-state index is 12.7. The summed E-state index contributed by atoms with van der Waals surface area (Å²) in [6, 6.07) is 4.49. The first-order valence-corrected chi connectivity index (χ1v) is 11.1. The SMILES string of the molecule is COc1ccc([N+](=O)[O-])c([C@@H](OCC2=CN([C@H]3CC(O)[C@@H](CO)O3)C(C)NC2=O)C(C)(C)C)c1. The second-order valence-electron chi connectivity index (χ2n) is 9.60. The first-order chi connectivity index (χ1) is 16.0. The van der Waals surface area contributed by atoms with Crippen LogP contribution in [-0.4, -0.2) is 70.9 Å². The molecule has 1 aromatic rings. The monoisotopic (exact) mass is 479 g/mol. The Morgan fingerprint density at radius 3 is 2.65 bits per heavy atom. The van der Waals surface area contributed by atoms with E-state index >= 15 is 0 Å². The molecule has 5 atom stereocenters. The van der Waals surface area contributed by atoms with Crippen molar-refractivity contribution in [3.63, 3.8) is 0 Å². The zero-order chi connectivity index (χ0) is 25.2. The topological polar surface area (TPSA) is 144 Å². The number of benzene rings is 1. The van der Waals surface area contributed by atoms with E-state index in [4.69, 9.17) is 14.2 Å². The number of nitrogens with one attached hydrogen (secondary N) is 1. The summed E-state index contributed by atoms with van der Waals surface area (Å²) in [5.74, 6) is 0.136. The Labute approximate surface area is 198 Å². The number of aliphatic hydroxyl groups excluding tert-OH is 2. The van der Waals surface area contributed by atoms with Crippen molar-refractivity contribution in [1.29, 1.82) is 0 Å². The van der Waals surface area contributed by atoms with Crippen LogP contribution in [0.15, 0.2) is 30.0 Å². The van der Waals surface area contributed by atoms with Gasteiger partial charge in [0.1, 0.15) is 24.2 Å². The van der Waals surface area contributed by atoms with Crippen LogP contribution in [0.4, 0.5) is 5.69 Å². The molecule has 11 nitrogen and oxygen atoms in total. The van der Waals surface area contributed by atoms with Gasteiger partial charge in [-0.15, -0.1) is 0 Å².